The quantitative estimate of drug-likeness (QED) is 0.835. The highest BCUT2D eigenvalue weighted by Crippen LogP contribution is 2.28. The molecule has 1 unspecified atom stereocenters. The minimum atomic E-state index is -0.902. The monoisotopic (exact) mass is 355 g/mol. The molecule has 0 amide bonds. The summed E-state index contributed by atoms with van der Waals surface area (Å²) in [7, 11) is 5.50. The lowest BCUT2D eigenvalue weighted by molar-refractivity contribution is 0.199. The summed E-state index contributed by atoms with van der Waals surface area (Å²) in [5.74, 6) is 0.412. The number of likely N-dealkylation sites (N-methyl/N-ethyl adjacent to an activating group) is 1. The van der Waals surface area contributed by atoms with Crippen molar-refractivity contribution in [2.24, 2.45) is 0 Å². The number of aromatic nitrogens is 4. The number of nitrogens with zero attached hydrogens (tertiary/aromatic N) is 5. The molecule has 0 aliphatic carbocycles. The first kappa shape index (κ1) is 15.9. The zero-order valence-electron chi connectivity index (χ0n) is 12.2. The molecule has 0 bridgehead atoms. The third-order valence-electron chi connectivity index (χ3n) is 3.00. The Hall–Kier alpha value is -1.51. The average Bonchev–Trinajstić information content (AvgIpc) is 2.85. The normalized spacial score (nSPS) is 12.7. The van der Waals surface area contributed by atoms with Gasteiger partial charge in [0.05, 0.1) is 35.7 Å². The van der Waals surface area contributed by atoms with E-state index < -0.39 is 6.10 Å². The van der Waals surface area contributed by atoms with E-state index in [0.717, 1.165) is 11.0 Å². The highest BCUT2D eigenvalue weighted by molar-refractivity contribution is 9.10. The summed E-state index contributed by atoms with van der Waals surface area (Å²) in [5, 5.41) is 14.9. The number of methoxy groups -OCH3 is 1. The van der Waals surface area contributed by atoms with Gasteiger partial charge in [0.15, 0.2) is 0 Å². The Morgan fingerprint density at radius 1 is 1.43 bits per heavy atom. The SMILES string of the molecule is COc1cc(C(O)c2c(Br)cnn2CCN(C)C)ncn1. The second-order valence-corrected chi connectivity index (χ2v) is 5.65. The van der Waals surface area contributed by atoms with Crippen LogP contribution in [-0.4, -0.2) is 57.5 Å². The molecule has 0 aliphatic rings. The van der Waals surface area contributed by atoms with Crippen LogP contribution in [0.25, 0.3) is 0 Å². The third kappa shape index (κ3) is 3.78. The molecule has 114 valence electrons. The summed E-state index contributed by atoms with van der Waals surface area (Å²) in [6.07, 6.45) is 2.14. The lowest BCUT2D eigenvalue weighted by Crippen LogP contribution is -2.21. The van der Waals surface area contributed by atoms with Gasteiger partial charge in [0.25, 0.3) is 0 Å². The molecule has 2 heterocycles. The summed E-state index contributed by atoms with van der Waals surface area (Å²) < 4.78 is 7.57. The van der Waals surface area contributed by atoms with Crippen molar-refractivity contribution in [2.75, 3.05) is 27.7 Å². The van der Waals surface area contributed by atoms with E-state index in [0.29, 0.717) is 23.8 Å². The molecule has 8 heteroatoms. The zero-order valence-corrected chi connectivity index (χ0v) is 13.8. The van der Waals surface area contributed by atoms with Gasteiger partial charge in [-0.1, -0.05) is 0 Å². The zero-order chi connectivity index (χ0) is 15.4. The molecule has 0 radical (unpaired) electrons. The molecule has 1 N–H and O–H groups in total. The number of aliphatic hydroxyl groups excluding tert-OH is 1. The predicted molar refractivity (Wildman–Crippen MR) is 81.1 cm³/mol. The minimum absolute atomic E-state index is 0.412. The van der Waals surface area contributed by atoms with Gasteiger partial charge in [-0.15, -0.1) is 0 Å². The van der Waals surface area contributed by atoms with Crippen molar-refractivity contribution in [3.63, 3.8) is 0 Å². The van der Waals surface area contributed by atoms with Gasteiger partial charge in [-0.25, -0.2) is 9.97 Å². The molecule has 0 aromatic carbocycles. The molecule has 0 fully saturated rings. The second-order valence-electron chi connectivity index (χ2n) is 4.79. The van der Waals surface area contributed by atoms with Gasteiger partial charge >= 0.3 is 0 Å². The molecule has 0 aliphatic heterocycles. The Morgan fingerprint density at radius 2 is 2.19 bits per heavy atom. The average molecular weight is 356 g/mol. The third-order valence-corrected chi connectivity index (χ3v) is 3.61. The highest BCUT2D eigenvalue weighted by atomic mass is 79.9. The Kier molecular flexibility index (Phi) is 5.27. The summed E-state index contributed by atoms with van der Waals surface area (Å²) in [6.45, 7) is 1.49. The van der Waals surface area contributed by atoms with Crippen LogP contribution >= 0.6 is 15.9 Å². The fourth-order valence-corrected chi connectivity index (χ4v) is 2.38. The minimum Gasteiger partial charge on any atom is -0.481 e. The van der Waals surface area contributed by atoms with Crippen molar-refractivity contribution in [1.29, 1.82) is 0 Å². The van der Waals surface area contributed by atoms with Crippen molar-refractivity contribution in [1.82, 2.24) is 24.6 Å². The maximum Gasteiger partial charge on any atom is 0.216 e. The Balaban J connectivity index is 2.29. The Labute approximate surface area is 131 Å². The first-order valence-electron chi connectivity index (χ1n) is 6.43. The fourth-order valence-electron chi connectivity index (χ4n) is 1.87. The van der Waals surface area contributed by atoms with Gasteiger partial charge in [0.2, 0.25) is 5.88 Å². The standard InChI is InChI=1S/C13H18BrN5O2/c1-18(2)4-5-19-12(9(14)7-17-19)13(20)10-6-11(21-3)16-8-15-10/h6-8,13,20H,4-5H2,1-3H3. The Bertz CT molecular complexity index is 602. The first-order chi connectivity index (χ1) is 10.0. The summed E-state index contributed by atoms with van der Waals surface area (Å²) in [4.78, 5) is 10.1. The van der Waals surface area contributed by atoms with Crippen LogP contribution in [0.4, 0.5) is 0 Å². The molecule has 21 heavy (non-hydrogen) atoms. The largest absolute Gasteiger partial charge is 0.481 e. The van der Waals surface area contributed by atoms with Crippen LogP contribution in [0.3, 0.4) is 0 Å². The lowest BCUT2D eigenvalue weighted by Gasteiger charge is -2.16. The molecule has 0 saturated heterocycles. The molecule has 0 saturated carbocycles. The van der Waals surface area contributed by atoms with Crippen LogP contribution in [0.2, 0.25) is 0 Å². The second kappa shape index (κ2) is 6.97. The van der Waals surface area contributed by atoms with Crippen molar-refractivity contribution < 1.29 is 9.84 Å². The maximum atomic E-state index is 10.6. The molecule has 7 nitrogen and oxygen atoms in total. The fraction of sp³-hybridized carbons (Fsp3) is 0.462. The van der Waals surface area contributed by atoms with Crippen molar-refractivity contribution in [3.8, 4) is 5.88 Å². The Morgan fingerprint density at radius 3 is 2.86 bits per heavy atom. The van der Waals surface area contributed by atoms with Gasteiger partial charge < -0.3 is 14.7 Å². The molecule has 0 spiro atoms. The van der Waals surface area contributed by atoms with E-state index in [1.54, 1.807) is 16.9 Å². The van der Waals surface area contributed by atoms with Gasteiger partial charge in [0.1, 0.15) is 12.4 Å². The van der Waals surface area contributed by atoms with Crippen LogP contribution in [0.15, 0.2) is 23.1 Å². The van der Waals surface area contributed by atoms with E-state index in [9.17, 15) is 5.11 Å². The number of hydrogen-bond acceptors (Lipinski definition) is 6. The molecular formula is C13H18BrN5O2. The summed E-state index contributed by atoms with van der Waals surface area (Å²) in [5.41, 5.74) is 1.13. The van der Waals surface area contributed by atoms with Crippen LogP contribution in [0.5, 0.6) is 5.88 Å². The van der Waals surface area contributed by atoms with Crippen LogP contribution in [-0.2, 0) is 6.54 Å². The summed E-state index contributed by atoms with van der Waals surface area (Å²) in [6, 6.07) is 1.61. The maximum absolute atomic E-state index is 10.6. The van der Waals surface area contributed by atoms with E-state index in [4.69, 9.17) is 4.74 Å². The number of aliphatic hydroxyl groups is 1. The van der Waals surface area contributed by atoms with Crippen molar-refractivity contribution in [2.45, 2.75) is 12.6 Å². The predicted octanol–water partition coefficient (Wildman–Crippen LogP) is 1.09. The van der Waals surface area contributed by atoms with E-state index in [1.807, 2.05) is 14.1 Å². The van der Waals surface area contributed by atoms with Crippen LogP contribution in [0.1, 0.15) is 17.5 Å². The van der Waals surface area contributed by atoms with Gasteiger partial charge in [-0.05, 0) is 30.0 Å². The van der Waals surface area contributed by atoms with Gasteiger partial charge in [-0.2, -0.15) is 5.10 Å². The lowest BCUT2D eigenvalue weighted by atomic mass is 10.2. The van der Waals surface area contributed by atoms with Crippen molar-refractivity contribution in [3.05, 3.63) is 34.5 Å². The summed E-state index contributed by atoms with van der Waals surface area (Å²) >= 11 is 3.43. The number of hydrogen-bond donors (Lipinski definition) is 1. The van der Waals surface area contributed by atoms with E-state index in [-0.39, 0.29) is 0 Å². The first-order valence-corrected chi connectivity index (χ1v) is 7.22. The number of halogens is 1. The van der Waals surface area contributed by atoms with Gasteiger partial charge in [-0.3, -0.25) is 4.68 Å². The molecular weight excluding hydrogens is 338 g/mol. The van der Waals surface area contributed by atoms with Gasteiger partial charge in [0, 0.05) is 12.6 Å². The topological polar surface area (TPSA) is 76.3 Å². The van der Waals surface area contributed by atoms with Crippen molar-refractivity contribution >= 4 is 15.9 Å². The number of ether oxygens (including phenoxy) is 1. The van der Waals surface area contributed by atoms with Crippen LogP contribution in [0, 0.1) is 0 Å². The number of rotatable bonds is 6. The van der Waals surface area contributed by atoms with Crippen LogP contribution < -0.4 is 4.74 Å². The van der Waals surface area contributed by atoms with E-state index >= 15 is 0 Å². The van der Waals surface area contributed by atoms with E-state index in [1.165, 1.54) is 13.4 Å². The molecule has 2 aromatic rings. The molecule has 2 rings (SSSR count). The van der Waals surface area contributed by atoms with E-state index in [2.05, 4.69) is 35.9 Å². The molecule has 1 atom stereocenters. The highest BCUT2D eigenvalue weighted by Gasteiger charge is 2.21. The molecule has 2 aromatic heterocycles. The smallest absolute Gasteiger partial charge is 0.216 e.